The van der Waals surface area contributed by atoms with E-state index in [4.69, 9.17) is 15.2 Å². The summed E-state index contributed by atoms with van der Waals surface area (Å²) in [5.74, 6) is -1.18. The topological polar surface area (TPSA) is 165 Å². The minimum atomic E-state index is -2.26. The second-order valence-electron chi connectivity index (χ2n) is 17.1. The second-order valence-corrected chi connectivity index (χ2v) is 17.1. The zero-order chi connectivity index (χ0) is 39.1. The highest BCUT2D eigenvalue weighted by atomic mass is 16.5. The molecule has 2 bridgehead atoms. The van der Waals surface area contributed by atoms with Crippen LogP contribution in [0.15, 0.2) is 54.6 Å². The van der Waals surface area contributed by atoms with Gasteiger partial charge >= 0.3 is 5.97 Å². The maximum Gasteiger partial charge on any atom is 0.322 e. The monoisotopic (exact) mass is 755 g/mol. The van der Waals surface area contributed by atoms with Crippen molar-refractivity contribution in [3.05, 3.63) is 71.4 Å². The number of nitrogens with one attached hydrogen (secondary N) is 1. The molecule has 4 aliphatic heterocycles. The summed E-state index contributed by atoms with van der Waals surface area (Å²) in [5, 5.41) is 37.4. The summed E-state index contributed by atoms with van der Waals surface area (Å²) in [6.45, 7) is 7.56. The summed E-state index contributed by atoms with van der Waals surface area (Å²) in [6, 6.07) is 12.8. The number of H-pyrrole nitrogens is 1. The van der Waals surface area contributed by atoms with Crippen molar-refractivity contribution in [1.29, 1.82) is 0 Å². The molecule has 8 rings (SSSR count). The van der Waals surface area contributed by atoms with Gasteiger partial charge in [-0.05, 0) is 68.7 Å². The fourth-order valence-electron chi connectivity index (χ4n) is 12.0. The van der Waals surface area contributed by atoms with Gasteiger partial charge in [0.2, 0.25) is 0 Å². The van der Waals surface area contributed by atoms with Crippen LogP contribution in [0.4, 0.5) is 5.69 Å². The number of rotatable bonds is 8. The highest BCUT2D eigenvalue weighted by Crippen LogP contribution is 2.57. The van der Waals surface area contributed by atoms with E-state index in [1.54, 1.807) is 7.11 Å². The first-order chi connectivity index (χ1) is 26.3. The Morgan fingerprint density at radius 3 is 2.56 bits per heavy atom. The molecule has 10 atom stereocenters. The first kappa shape index (κ1) is 38.0. The number of nitrogens with zero attached hydrogens (tertiary/aromatic N) is 3. The van der Waals surface area contributed by atoms with Crippen molar-refractivity contribution in [2.24, 2.45) is 23.0 Å². The zero-order valence-electron chi connectivity index (χ0n) is 32.8. The van der Waals surface area contributed by atoms with Crippen molar-refractivity contribution < 1.29 is 34.4 Å². The number of aliphatic hydroxyl groups excluding tert-OH is 1. The number of esters is 1. The Hall–Kier alpha value is -3.94. The molecule has 2 saturated heterocycles. The number of carbonyl (C=O) groups excluding carboxylic acids is 2. The van der Waals surface area contributed by atoms with Gasteiger partial charge in [-0.1, -0.05) is 50.3 Å². The van der Waals surface area contributed by atoms with Crippen molar-refractivity contribution in [1.82, 2.24) is 14.8 Å². The number of ether oxygens (including phenoxy) is 2. The van der Waals surface area contributed by atoms with E-state index in [2.05, 4.69) is 20.9 Å². The van der Waals surface area contributed by atoms with Gasteiger partial charge < -0.3 is 40.4 Å². The maximum absolute atomic E-state index is 14.8. The van der Waals surface area contributed by atoms with Crippen LogP contribution in [0.1, 0.15) is 62.8 Å². The van der Waals surface area contributed by atoms with E-state index in [-0.39, 0.29) is 17.9 Å². The van der Waals surface area contributed by atoms with Gasteiger partial charge in [0.15, 0.2) is 5.60 Å². The third-order valence-corrected chi connectivity index (χ3v) is 14.5. The summed E-state index contributed by atoms with van der Waals surface area (Å²) < 4.78 is 12.0. The van der Waals surface area contributed by atoms with Crippen LogP contribution >= 0.6 is 0 Å². The third kappa shape index (κ3) is 5.42. The highest BCUT2D eigenvalue weighted by molar-refractivity contribution is 5.94. The number of amides is 1. The van der Waals surface area contributed by atoms with Gasteiger partial charge in [0, 0.05) is 84.5 Å². The van der Waals surface area contributed by atoms with E-state index < -0.39 is 46.1 Å². The minimum Gasteiger partial charge on any atom is -0.496 e. The fraction of sp³-hybridized carbons (Fsp3) is 0.581. The van der Waals surface area contributed by atoms with Gasteiger partial charge in [0.1, 0.15) is 17.3 Å². The highest BCUT2D eigenvalue weighted by Gasteiger charge is 2.70. The number of methoxy groups -OCH3 is 2. The van der Waals surface area contributed by atoms with Crippen molar-refractivity contribution in [2.45, 2.75) is 87.2 Å². The van der Waals surface area contributed by atoms with Gasteiger partial charge in [0.05, 0.1) is 25.9 Å². The van der Waals surface area contributed by atoms with Crippen LogP contribution in [0.2, 0.25) is 0 Å². The van der Waals surface area contributed by atoms with Crippen LogP contribution in [-0.2, 0) is 26.2 Å². The van der Waals surface area contributed by atoms with Crippen molar-refractivity contribution >= 4 is 28.5 Å². The quantitative estimate of drug-likeness (QED) is 0.171. The molecule has 55 heavy (non-hydrogen) atoms. The Morgan fingerprint density at radius 2 is 1.85 bits per heavy atom. The summed E-state index contributed by atoms with van der Waals surface area (Å²) in [7, 11) is 4.83. The van der Waals surface area contributed by atoms with Gasteiger partial charge in [-0.2, -0.15) is 0 Å². The van der Waals surface area contributed by atoms with Crippen LogP contribution in [0.25, 0.3) is 10.9 Å². The molecule has 1 aromatic heterocycles. The molecular formula is C43H57N5O7. The molecule has 1 unspecified atom stereocenters. The molecule has 1 saturated carbocycles. The number of para-hydroxylation sites is 1. The van der Waals surface area contributed by atoms with E-state index in [0.717, 1.165) is 54.8 Å². The number of fused-ring (bicyclic) bond motifs is 5. The van der Waals surface area contributed by atoms with E-state index in [9.17, 15) is 24.9 Å². The zero-order valence-corrected chi connectivity index (χ0v) is 32.8. The fourth-order valence-corrected chi connectivity index (χ4v) is 12.0. The summed E-state index contributed by atoms with van der Waals surface area (Å²) in [4.78, 5) is 38.5. The largest absolute Gasteiger partial charge is 0.496 e. The van der Waals surface area contributed by atoms with Gasteiger partial charge in [-0.15, -0.1) is 0 Å². The predicted octanol–water partition coefficient (Wildman–Crippen LogP) is 3.10. The summed E-state index contributed by atoms with van der Waals surface area (Å²) >= 11 is 0. The van der Waals surface area contributed by atoms with Crippen molar-refractivity contribution in [2.75, 3.05) is 58.9 Å². The number of hydrogen-bond acceptors (Lipinski definition) is 10. The lowest BCUT2D eigenvalue weighted by atomic mass is 9.54. The standard InChI is InChI=1S/C43H57N5O7/c1-6-40(52)22-26-23-42(39(51)55-5,34-29(15-19-47(24-26)25-40)28-11-8-9-12-32(28)45-34)31-14-13-27(21-33(31)54-4)46(3)36-30-16-20-48-18-10-17-41(7-2,35(30)48)37(49)43(36,53)38(44)50/h8-14,17,21,26,30,35-37,45,49,52-53H,6-7,15-16,18-20,22-25H2,1-5H3,(H2,44,50)/t26-,30+,35-,36-,37-,40+,41-,42+,43+/m1/s1. The van der Waals surface area contributed by atoms with Crippen LogP contribution in [-0.4, -0.2) is 125 Å². The Morgan fingerprint density at radius 1 is 1.07 bits per heavy atom. The Balaban J connectivity index is 1.29. The number of benzene rings is 2. The molecule has 5 aliphatic rings. The lowest BCUT2D eigenvalue weighted by Gasteiger charge is -2.61. The molecule has 12 nitrogen and oxygen atoms in total. The van der Waals surface area contributed by atoms with Gasteiger partial charge in [-0.3, -0.25) is 19.4 Å². The summed E-state index contributed by atoms with van der Waals surface area (Å²) in [6.07, 6.45) is 6.02. The number of aliphatic hydroxyl groups is 3. The molecule has 2 aromatic carbocycles. The first-order valence-corrected chi connectivity index (χ1v) is 20.0. The lowest BCUT2D eigenvalue weighted by molar-refractivity contribution is -0.197. The van der Waals surface area contributed by atoms with Crippen LogP contribution in [0.5, 0.6) is 5.75 Å². The predicted molar refractivity (Wildman–Crippen MR) is 210 cm³/mol. The van der Waals surface area contributed by atoms with E-state index >= 15 is 0 Å². The number of primary amides is 1. The molecule has 1 aliphatic carbocycles. The number of piperidine rings is 1. The average molecular weight is 756 g/mol. The minimum absolute atomic E-state index is 0.0507. The van der Waals surface area contributed by atoms with Gasteiger partial charge in [0.25, 0.3) is 5.91 Å². The summed E-state index contributed by atoms with van der Waals surface area (Å²) in [5.41, 5.74) is 4.74. The molecule has 5 heterocycles. The number of aromatic nitrogens is 1. The molecule has 0 radical (unpaired) electrons. The molecular weight excluding hydrogens is 699 g/mol. The Labute approximate surface area is 323 Å². The Bertz CT molecular complexity index is 2020. The maximum atomic E-state index is 14.8. The molecule has 3 aromatic rings. The van der Waals surface area contributed by atoms with Crippen molar-refractivity contribution in [3.63, 3.8) is 0 Å². The van der Waals surface area contributed by atoms with Crippen molar-refractivity contribution in [3.8, 4) is 5.75 Å². The molecule has 0 spiro atoms. The molecule has 1 amide bonds. The molecule has 6 N–H and O–H groups in total. The third-order valence-electron chi connectivity index (χ3n) is 14.5. The van der Waals surface area contributed by atoms with Gasteiger partial charge in [-0.25, -0.2) is 0 Å². The molecule has 296 valence electrons. The number of hydrogen-bond donors (Lipinski definition) is 5. The number of anilines is 1. The average Bonchev–Trinajstić information content (AvgIpc) is 3.80. The Kier molecular flexibility index (Phi) is 9.40. The lowest BCUT2D eigenvalue weighted by Crippen LogP contribution is -2.78. The number of likely N-dealkylation sites (N-methyl/N-ethyl adjacent to an activating group) is 1. The molecule has 12 heteroatoms. The second kappa shape index (κ2) is 13.6. The number of aromatic amines is 1. The van der Waals surface area contributed by atoms with Crippen LogP contribution in [0, 0.1) is 17.3 Å². The number of carbonyl (C=O) groups is 2. The molecule has 3 fully saturated rings. The van der Waals surface area contributed by atoms with E-state index in [1.165, 1.54) is 7.11 Å². The van der Waals surface area contributed by atoms with Crippen LogP contribution in [0.3, 0.4) is 0 Å². The first-order valence-electron chi connectivity index (χ1n) is 20.0. The van der Waals surface area contributed by atoms with Crippen LogP contribution < -0.4 is 15.4 Å². The van der Waals surface area contributed by atoms with E-state index in [0.29, 0.717) is 55.6 Å². The normalized spacial score (nSPS) is 36.9. The number of nitrogens with two attached hydrogens (primary N) is 1. The smallest absolute Gasteiger partial charge is 0.322 e. The SMILES string of the molecule is CC[C@]1(O)C[C@H]2CN(CCc3c([nH]c4ccccc34)[C@@](C(=O)OC)(c3ccc(N(C)[C@@H]4[C@H]5CCN6CC=C[C@@](CC)([C@@H](O)[C@]4(O)C(N)=O)[C@@H]56)cc3OC)C2)C1. The van der Waals surface area contributed by atoms with E-state index in [1.807, 2.05) is 74.3 Å².